The van der Waals surface area contributed by atoms with Crippen molar-refractivity contribution in [2.75, 3.05) is 32.0 Å². The third kappa shape index (κ3) is 3.74. The van der Waals surface area contributed by atoms with Crippen LogP contribution in [0.15, 0.2) is 18.2 Å². The van der Waals surface area contributed by atoms with Crippen LogP contribution in [-0.4, -0.2) is 41.4 Å². The lowest BCUT2D eigenvalue weighted by atomic mass is 9.90. The SMILES string of the molecule is CN1CCC(c2nn(-c3cc(C(F)(F)F)ccc3Cl)c3c2CCCCN3)CC1. The summed E-state index contributed by atoms with van der Waals surface area (Å²) in [5.41, 5.74) is 1.72. The molecule has 4 rings (SSSR count). The number of likely N-dealkylation sites (tertiary alicyclic amines) is 1. The maximum absolute atomic E-state index is 13.3. The number of aromatic nitrogens is 2. The number of hydrogen-bond donors (Lipinski definition) is 1. The monoisotopic (exact) mass is 412 g/mol. The van der Waals surface area contributed by atoms with Gasteiger partial charge in [0.25, 0.3) is 0 Å². The summed E-state index contributed by atoms with van der Waals surface area (Å²) in [7, 11) is 2.11. The van der Waals surface area contributed by atoms with Crippen LogP contribution in [0, 0.1) is 0 Å². The lowest BCUT2D eigenvalue weighted by molar-refractivity contribution is -0.137. The second kappa shape index (κ2) is 7.59. The Balaban J connectivity index is 1.82. The smallest absolute Gasteiger partial charge is 0.370 e. The van der Waals surface area contributed by atoms with Gasteiger partial charge in [0.2, 0.25) is 0 Å². The summed E-state index contributed by atoms with van der Waals surface area (Å²) in [6.45, 7) is 2.79. The van der Waals surface area contributed by atoms with Crippen molar-refractivity contribution in [1.29, 1.82) is 0 Å². The summed E-state index contributed by atoms with van der Waals surface area (Å²) in [6.07, 6.45) is 0.556. The number of piperidine rings is 1. The molecule has 2 aromatic rings. The first-order chi connectivity index (χ1) is 13.3. The first kappa shape index (κ1) is 19.6. The van der Waals surface area contributed by atoms with Gasteiger partial charge in [-0.1, -0.05) is 11.6 Å². The lowest BCUT2D eigenvalue weighted by Crippen LogP contribution is -2.29. The zero-order valence-corrected chi connectivity index (χ0v) is 16.6. The normalized spacial score (nSPS) is 19.2. The van der Waals surface area contributed by atoms with Crippen LogP contribution in [0.4, 0.5) is 19.0 Å². The van der Waals surface area contributed by atoms with E-state index in [-0.39, 0.29) is 10.7 Å². The van der Waals surface area contributed by atoms with Crippen molar-refractivity contribution in [3.63, 3.8) is 0 Å². The van der Waals surface area contributed by atoms with Gasteiger partial charge >= 0.3 is 6.18 Å². The highest BCUT2D eigenvalue weighted by Gasteiger charge is 2.33. The summed E-state index contributed by atoms with van der Waals surface area (Å²) >= 11 is 6.32. The van der Waals surface area contributed by atoms with Gasteiger partial charge in [0.05, 0.1) is 22.0 Å². The number of anilines is 1. The Labute approximate surface area is 167 Å². The van der Waals surface area contributed by atoms with Crippen molar-refractivity contribution in [3.8, 4) is 5.69 Å². The molecule has 152 valence electrons. The zero-order valence-electron chi connectivity index (χ0n) is 15.8. The van der Waals surface area contributed by atoms with Gasteiger partial charge in [-0.3, -0.25) is 0 Å². The van der Waals surface area contributed by atoms with E-state index in [9.17, 15) is 13.2 Å². The minimum absolute atomic E-state index is 0.263. The molecule has 28 heavy (non-hydrogen) atoms. The van der Waals surface area contributed by atoms with E-state index in [4.69, 9.17) is 16.7 Å². The highest BCUT2D eigenvalue weighted by Crippen LogP contribution is 2.39. The molecule has 1 aromatic heterocycles. The molecule has 0 aliphatic carbocycles. The van der Waals surface area contributed by atoms with E-state index in [1.54, 1.807) is 4.68 Å². The Bertz CT molecular complexity index is 854. The number of fused-ring (bicyclic) bond motifs is 1. The van der Waals surface area contributed by atoms with Gasteiger partial charge < -0.3 is 10.2 Å². The van der Waals surface area contributed by atoms with E-state index in [1.165, 1.54) is 6.07 Å². The van der Waals surface area contributed by atoms with E-state index >= 15 is 0 Å². The second-order valence-corrected chi connectivity index (χ2v) is 8.16. The van der Waals surface area contributed by atoms with Crippen LogP contribution in [0.3, 0.4) is 0 Å². The van der Waals surface area contributed by atoms with Gasteiger partial charge in [-0.15, -0.1) is 0 Å². The summed E-state index contributed by atoms with van der Waals surface area (Å²) < 4.78 is 41.4. The van der Waals surface area contributed by atoms with Crippen molar-refractivity contribution in [3.05, 3.63) is 40.0 Å². The molecule has 1 N–H and O–H groups in total. The molecule has 0 saturated carbocycles. The molecule has 0 amide bonds. The molecule has 1 aromatic carbocycles. The first-order valence-electron chi connectivity index (χ1n) is 9.76. The summed E-state index contributed by atoms with van der Waals surface area (Å²) in [5, 5.41) is 8.48. The largest absolute Gasteiger partial charge is 0.416 e. The van der Waals surface area contributed by atoms with Crippen molar-refractivity contribution in [1.82, 2.24) is 14.7 Å². The predicted molar refractivity (Wildman–Crippen MR) is 104 cm³/mol. The molecule has 0 bridgehead atoms. The van der Waals surface area contributed by atoms with Gasteiger partial charge in [0.1, 0.15) is 5.82 Å². The van der Waals surface area contributed by atoms with Crippen LogP contribution >= 0.6 is 11.6 Å². The third-order valence-electron chi connectivity index (χ3n) is 5.77. The molecule has 0 atom stereocenters. The van der Waals surface area contributed by atoms with E-state index < -0.39 is 11.7 Å². The topological polar surface area (TPSA) is 33.1 Å². The number of rotatable bonds is 2. The number of nitrogens with zero attached hydrogens (tertiary/aromatic N) is 3. The number of nitrogens with one attached hydrogen (secondary N) is 1. The Hall–Kier alpha value is -1.73. The van der Waals surface area contributed by atoms with Crippen molar-refractivity contribution in [2.24, 2.45) is 0 Å². The molecule has 1 saturated heterocycles. The van der Waals surface area contributed by atoms with E-state index in [0.29, 0.717) is 5.92 Å². The Morgan fingerprint density at radius 1 is 1.18 bits per heavy atom. The molecule has 2 aliphatic rings. The van der Waals surface area contributed by atoms with Crippen molar-refractivity contribution >= 4 is 17.4 Å². The summed E-state index contributed by atoms with van der Waals surface area (Å²) in [5.74, 6) is 1.13. The number of alkyl halides is 3. The molecule has 2 aliphatic heterocycles. The first-order valence-corrected chi connectivity index (χ1v) is 10.1. The summed E-state index contributed by atoms with van der Waals surface area (Å²) in [4.78, 5) is 2.30. The van der Waals surface area contributed by atoms with Gasteiger partial charge in [-0.25, -0.2) is 4.68 Å². The number of halogens is 4. The molecule has 4 nitrogen and oxygen atoms in total. The molecule has 3 heterocycles. The maximum Gasteiger partial charge on any atom is 0.416 e. The fourth-order valence-corrected chi connectivity index (χ4v) is 4.36. The third-order valence-corrected chi connectivity index (χ3v) is 6.09. The van der Waals surface area contributed by atoms with Crippen LogP contribution in [0.1, 0.15) is 48.4 Å². The van der Waals surface area contributed by atoms with Crippen LogP contribution in [-0.2, 0) is 12.6 Å². The molecular formula is C20H24ClF3N4. The molecule has 0 unspecified atom stereocenters. The fraction of sp³-hybridized carbons (Fsp3) is 0.550. The Morgan fingerprint density at radius 3 is 2.64 bits per heavy atom. The van der Waals surface area contributed by atoms with E-state index in [1.807, 2.05) is 0 Å². The molecule has 8 heteroatoms. The standard InChI is InChI=1S/C20H24ClF3N4/c1-27-10-7-13(8-11-27)18-15-4-2-3-9-25-19(15)28(26-18)17-12-14(20(22,23)24)5-6-16(17)21/h5-6,12-13,25H,2-4,7-11H2,1H3. The van der Waals surface area contributed by atoms with Crippen LogP contribution in [0.5, 0.6) is 0 Å². The highest BCUT2D eigenvalue weighted by atomic mass is 35.5. The predicted octanol–water partition coefficient (Wildman–Crippen LogP) is 5.10. The van der Waals surface area contributed by atoms with Gasteiger partial charge in [-0.2, -0.15) is 18.3 Å². The maximum atomic E-state index is 13.3. The average molecular weight is 413 g/mol. The molecule has 1 fully saturated rings. The Kier molecular flexibility index (Phi) is 5.31. The van der Waals surface area contributed by atoms with Crippen molar-refractivity contribution in [2.45, 2.75) is 44.2 Å². The number of hydrogen-bond acceptors (Lipinski definition) is 3. The lowest BCUT2D eigenvalue weighted by Gasteiger charge is -2.28. The van der Waals surface area contributed by atoms with E-state index in [0.717, 1.165) is 80.9 Å². The van der Waals surface area contributed by atoms with Crippen LogP contribution in [0.25, 0.3) is 5.69 Å². The number of benzene rings is 1. The van der Waals surface area contributed by atoms with E-state index in [2.05, 4.69) is 17.3 Å². The quantitative estimate of drug-likeness (QED) is 0.744. The highest BCUT2D eigenvalue weighted by molar-refractivity contribution is 6.32. The van der Waals surface area contributed by atoms with Crippen LogP contribution < -0.4 is 5.32 Å². The van der Waals surface area contributed by atoms with Gasteiger partial charge in [-0.05, 0) is 70.4 Å². The van der Waals surface area contributed by atoms with Gasteiger partial charge in [0.15, 0.2) is 0 Å². The molecule has 0 spiro atoms. The fourth-order valence-electron chi connectivity index (χ4n) is 4.16. The Morgan fingerprint density at radius 2 is 1.93 bits per heavy atom. The molecular weight excluding hydrogens is 389 g/mol. The van der Waals surface area contributed by atoms with Crippen molar-refractivity contribution < 1.29 is 13.2 Å². The van der Waals surface area contributed by atoms with Crippen LogP contribution in [0.2, 0.25) is 5.02 Å². The van der Waals surface area contributed by atoms with Gasteiger partial charge in [0, 0.05) is 18.0 Å². The second-order valence-electron chi connectivity index (χ2n) is 7.75. The zero-order chi connectivity index (χ0) is 19.9. The molecule has 0 radical (unpaired) electrons. The summed E-state index contributed by atoms with van der Waals surface area (Å²) in [6, 6.07) is 3.42. The minimum atomic E-state index is -4.42. The average Bonchev–Trinajstić information content (AvgIpc) is 2.83. The minimum Gasteiger partial charge on any atom is -0.370 e.